The van der Waals surface area contributed by atoms with Crippen molar-refractivity contribution in [3.63, 3.8) is 0 Å². The Morgan fingerprint density at radius 2 is 2.22 bits per heavy atom. The molecule has 1 heterocycles. The lowest BCUT2D eigenvalue weighted by Crippen LogP contribution is -2.33. The standard InChI is InChI=1S/C12H21ClN4O/c1-9(2)17(6-7-18-3)8-11-10(13)4-5-12(15-11)16-14/h4-5,9H,6-8,14H2,1-3H3,(H,15,16). The second-order valence-corrected chi connectivity index (χ2v) is 4.73. The minimum absolute atomic E-state index is 0.396. The Morgan fingerprint density at radius 3 is 2.78 bits per heavy atom. The monoisotopic (exact) mass is 272 g/mol. The van der Waals surface area contributed by atoms with Gasteiger partial charge < -0.3 is 10.2 Å². The topological polar surface area (TPSA) is 63.4 Å². The number of nitrogens with zero attached hydrogens (tertiary/aromatic N) is 2. The van der Waals surface area contributed by atoms with Crippen molar-refractivity contribution in [1.82, 2.24) is 9.88 Å². The van der Waals surface area contributed by atoms with Gasteiger partial charge in [0.2, 0.25) is 0 Å². The number of pyridine rings is 1. The van der Waals surface area contributed by atoms with Crippen LogP contribution in [-0.2, 0) is 11.3 Å². The molecule has 18 heavy (non-hydrogen) atoms. The molecule has 0 unspecified atom stereocenters. The number of halogens is 1. The Bertz CT molecular complexity index is 373. The summed E-state index contributed by atoms with van der Waals surface area (Å²) in [4.78, 5) is 6.62. The van der Waals surface area contributed by atoms with Gasteiger partial charge in [-0.25, -0.2) is 10.8 Å². The van der Waals surface area contributed by atoms with Crippen LogP contribution in [0.25, 0.3) is 0 Å². The zero-order valence-corrected chi connectivity index (χ0v) is 11.9. The summed E-state index contributed by atoms with van der Waals surface area (Å²) in [7, 11) is 1.70. The van der Waals surface area contributed by atoms with Gasteiger partial charge in [-0.2, -0.15) is 0 Å². The minimum atomic E-state index is 0.396. The molecule has 0 aromatic carbocycles. The number of aromatic nitrogens is 1. The molecule has 0 atom stereocenters. The highest BCUT2D eigenvalue weighted by molar-refractivity contribution is 6.31. The van der Waals surface area contributed by atoms with E-state index in [0.717, 1.165) is 12.2 Å². The lowest BCUT2D eigenvalue weighted by Gasteiger charge is -2.26. The predicted octanol–water partition coefficient (Wildman–Crippen LogP) is 1.88. The van der Waals surface area contributed by atoms with Gasteiger partial charge in [0.25, 0.3) is 0 Å². The van der Waals surface area contributed by atoms with Crippen molar-refractivity contribution in [2.24, 2.45) is 5.84 Å². The van der Waals surface area contributed by atoms with Gasteiger partial charge in [-0.05, 0) is 26.0 Å². The van der Waals surface area contributed by atoms with Crippen LogP contribution in [0, 0.1) is 0 Å². The van der Waals surface area contributed by atoms with Gasteiger partial charge in [0.1, 0.15) is 5.82 Å². The molecule has 1 aromatic heterocycles. The minimum Gasteiger partial charge on any atom is -0.383 e. The fraction of sp³-hybridized carbons (Fsp3) is 0.583. The molecule has 0 saturated heterocycles. The molecule has 6 heteroatoms. The highest BCUT2D eigenvalue weighted by Crippen LogP contribution is 2.18. The Balaban J connectivity index is 2.78. The molecule has 0 radical (unpaired) electrons. The average Bonchev–Trinajstić information content (AvgIpc) is 2.36. The van der Waals surface area contributed by atoms with Crippen LogP contribution >= 0.6 is 11.6 Å². The highest BCUT2D eigenvalue weighted by atomic mass is 35.5. The molecule has 0 fully saturated rings. The zero-order valence-electron chi connectivity index (χ0n) is 11.1. The lowest BCUT2D eigenvalue weighted by molar-refractivity contribution is 0.124. The number of hydrogen-bond acceptors (Lipinski definition) is 5. The molecule has 0 bridgehead atoms. The Kier molecular flexibility index (Phi) is 6.35. The summed E-state index contributed by atoms with van der Waals surface area (Å²) < 4.78 is 5.11. The van der Waals surface area contributed by atoms with Gasteiger partial charge in [-0.1, -0.05) is 11.6 Å². The van der Waals surface area contributed by atoms with Crippen molar-refractivity contribution in [3.8, 4) is 0 Å². The summed E-state index contributed by atoms with van der Waals surface area (Å²) in [5.74, 6) is 5.97. The second kappa shape index (κ2) is 7.53. The van der Waals surface area contributed by atoms with Crippen LogP contribution in [0.15, 0.2) is 12.1 Å². The van der Waals surface area contributed by atoms with Gasteiger partial charge in [-0.15, -0.1) is 0 Å². The number of nitrogens with two attached hydrogens (primary N) is 1. The van der Waals surface area contributed by atoms with Crippen LogP contribution in [-0.4, -0.2) is 36.2 Å². The van der Waals surface area contributed by atoms with E-state index in [1.54, 1.807) is 19.2 Å². The molecule has 1 aromatic rings. The molecule has 0 saturated carbocycles. The summed E-state index contributed by atoms with van der Waals surface area (Å²) in [6.07, 6.45) is 0. The van der Waals surface area contributed by atoms with E-state index in [1.807, 2.05) is 0 Å². The van der Waals surface area contributed by atoms with E-state index in [1.165, 1.54) is 0 Å². The van der Waals surface area contributed by atoms with E-state index in [-0.39, 0.29) is 0 Å². The number of nitrogens with one attached hydrogen (secondary N) is 1. The largest absolute Gasteiger partial charge is 0.383 e. The molecule has 5 nitrogen and oxygen atoms in total. The van der Waals surface area contributed by atoms with Crippen LogP contribution in [0.1, 0.15) is 19.5 Å². The molecule has 3 N–H and O–H groups in total. The third-order valence-electron chi connectivity index (χ3n) is 2.73. The number of methoxy groups -OCH3 is 1. The number of rotatable bonds is 7. The molecular weight excluding hydrogens is 252 g/mol. The average molecular weight is 273 g/mol. The van der Waals surface area contributed by atoms with Crippen molar-refractivity contribution in [3.05, 3.63) is 22.8 Å². The van der Waals surface area contributed by atoms with E-state index in [0.29, 0.717) is 30.0 Å². The molecular formula is C12H21ClN4O. The van der Waals surface area contributed by atoms with Crippen LogP contribution < -0.4 is 11.3 Å². The Hall–Kier alpha value is -0.880. The number of nitrogen functional groups attached to an aromatic ring is 1. The molecule has 0 aliphatic heterocycles. The normalized spacial score (nSPS) is 11.3. The molecule has 102 valence electrons. The van der Waals surface area contributed by atoms with E-state index in [9.17, 15) is 0 Å². The predicted molar refractivity (Wildman–Crippen MR) is 74.5 cm³/mol. The number of hydrogen-bond donors (Lipinski definition) is 2. The fourth-order valence-electron chi connectivity index (χ4n) is 1.60. The van der Waals surface area contributed by atoms with Crippen LogP contribution in [0.5, 0.6) is 0 Å². The Morgan fingerprint density at radius 1 is 1.50 bits per heavy atom. The van der Waals surface area contributed by atoms with E-state index in [2.05, 4.69) is 29.2 Å². The van der Waals surface area contributed by atoms with Gasteiger partial charge in [0.15, 0.2) is 0 Å². The second-order valence-electron chi connectivity index (χ2n) is 4.33. The number of hydrazine groups is 1. The first-order valence-electron chi connectivity index (χ1n) is 5.93. The van der Waals surface area contributed by atoms with Gasteiger partial charge in [0.05, 0.1) is 17.3 Å². The number of anilines is 1. The summed E-state index contributed by atoms with van der Waals surface area (Å²) in [6.45, 7) is 6.47. The molecule has 0 aliphatic rings. The quantitative estimate of drug-likeness (QED) is 0.586. The summed E-state index contributed by atoms with van der Waals surface area (Å²) in [5, 5.41) is 0.650. The maximum absolute atomic E-state index is 6.15. The maximum atomic E-state index is 6.15. The Labute approximate surface area is 113 Å². The van der Waals surface area contributed by atoms with Crippen molar-refractivity contribution in [1.29, 1.82) is 0 Å². The SMILES string of the molecule is COCCN(Cc1nc(NN)ccc1Cl)C(C)C. The third-order valence-corrected chi connectivity index (χ3v) is 3.08. The van der Waals surface area contributed by atoms with Gasteiger partial charge in [-0.3, -0.25) is 4.90 Å². The fourth-order valence-corrected chi connectivity index (χ4v) is 1.76. The first-order valence-corrected chi connectivity index (χ1v) is 6.31. The smallest absolute Gasteiger partial charge is 0.140 e. The van der Waals surface area contributed by atoms with Crippen molar-refractivity contribution in [2.75, 3.05) is 25.7 Å². The first-order chi connectivity index (χ1) is 8.58. The summed E-state index contributed by atoms with van der Waals surface area (Å²) >= 11 is 6.15. The highest BCUT2D eigenvalue weighted by Gasteiger charge is 2.13. The number of ether oxygens (including phenoxy) is 1. The van der Waals surface area contributed by atoms with Crippen molar-refractivity contribution in [2.45, 2.75) is 26.4 Å². The van der Waals surface area contributed by atoms with Crippen LogP contribution in [0.2, 0.25) is 5.02 Å². The zero-order chi connectivity index (χ0) is 13.5. The van der Waals surface area contributed by atoms with Gasteiger partial charge >= 0.3 is 0 Å². The molecule has 0 spiro atoms. The van der Waals surface area contributed by atoms with Gasteiger partial charge in [0, 0.05) is 26.2 Å². The van der Waals surface area contributed by atoms with Crippen LogP contribution in [0.4, 0.5) is 5.82 Å². The van der Waals surface area contributed by atoms with E-state index >= 15 is 0 Å². The maximum Gasteiger partial charge on any atom is 0.140 e. The summed E-state index contributed by atoms with van der Waals surface area (Å²) in [6, 6.07) is 3.95. The first kappa shape index (κ1) is 15.2. The third kappa shape index (κ3) is 4.42. The van der Waals surface area contributed by atoms with Crippen molar-refractivity contribution < 1.29 is 4.74 Å². The molecule has 1 rings (SSSR count). The lowest BCUT2D eigenvalue weighted by atomic mass is 10.2. The van der Waals surface area contributed by atoms with E-state index < -0.39 is 0 Å². The summed E-state index contributed by atoms with van der Waals surface area (Å²) in [5.41, 5.74) is 3.34. The molecule has 0 aliphatic carbocycles. The molecule has 0 amide bonds. The van der Waals surface area contributed by atoms with Crippen molar-refractivity contribution >= 4 is 17.4 Å². The van der Waals surface area contributed by atoms with E-state index in [4.69, 9.17) is 22.2 Å². The van der Waals surface area contributed by atoms with Crippen LogP contribution in [0.3, 0.4) is 0 Å².